The number of hydrogen-bond acceptors (Lipinski definition) is 9. The average Bonchev–Trinajstić information content (AvgIpc) is 2.78. The number of nitrogens with zero attached hydrogens (tertiary/aromatic N) is 1. The van der Waals surface area contributed by atoms with Crippen molar-refractivity contribution >= 4 is 35.7 Å². The average molecular weight is 378 g/mol. The molecule has 0 radical (unpaired) electrons. The molecule has 2 heterocycles. The number of β-lactam (4-membered cyclic amide) rings is 1. The molecule has 2 aliphatic rings. The summed E-state index contributed by atoms with van der Waals surface area (Å²) in [5.41, 5.74) is 4.80. The van der Waals surface area contributed by atoms with E-state index in [1.165, 1.54) is 6.92 Å². The third kappa shape index (κ3) is 4.21. The molecular formula is C13H18N2O9S. The first-order valence-corrected chi connectivity index (χ1v) is 7.75. The molecule has 0 aromatic heterocycles. The maximum Gasteiger partial charge on any atom is 0.404 e. The highest BCUT2D eigenvalue weighted by Gasteiger charge is 2.57. The summed E-state index contributed by atoms with van der Waals surface area (Å²) in [6.07, 6.45) is -1.94. The number of carbonyl (C=O) groups excluding carboxylic acids is 4. The second-order valence-electron chi connectivity index (χ2n) is 5.05. The van der Waals surface area contributed by atoms with E-state index in [0.717, 1.165) is 23.6 Å². The van der Waals surface area contributed by atoms with Crippen molar-refractivity contribution in [2.45, 2.75) is 25.3 Å². The molecule has 3 unspecified atom stereocenters. The minimum Gasteiger partial charge on any atom is -0.444 e. The molecule has 2 rings (SSSR count). The number of hydrogen-bond donors (Lipinski definition) is 2. The second-order valence-corrected chi connectivity index (χ2v) is 6.26. The highest BCUT2D eigenvalue weighted by atomic mass is 32.2. The monoisotopic (exact) mass is 378 g/mol. The van der Waals surface area contributed by atoms with Crippen LogP contribution in [0, 0.1) is 5.92 Å². The molecule has 1 fully saturated rings. The number of carbonyl (C=O) groups is 4. The van der Waals surface area contributed by atoms with Crippen molar-refractivity contribution in [3.05, 3.63) is 10.6 Å². The maximum atomic E-state index is 12.2. The van der Waals surface area contributed by atoms with Gasteiger partial charge in [0.1, 0.15) is 17.7 Å². The van der Waals surface area contributed by atoms with Gasteiger partial charge < -0.3 is 30.5 Å². The van der Waals surface area contributed by atoms with E-state index in [1.54, 1.807) is 0 Å². The summed E-state index contributed by atoms with van der Waals surface area (Å²) in [6, 6.07) is 0. The Morgan fingerprint density at radius 1 is 1.32 bits per heavy atom. The van der Waals surface area contributed by atoms with Crippen molar-refractivity contribution in [1.29, 1.82) is 0 Å². The summed E-state index contributed by atoms with van der Waals surface area (Å²) >= 11 is 1.10. The SMILES string of the molecule is CC(=O)OCOC(=O)C1=C(COC(N)=O)SC2C(C(C)O)C(=O)N12.O. The van der Waals surface area contributed by atoms with Gasteiger partial charge >= 0.3 is 18.0 Å². The maximum absolute atomic E-state index is 12.2. The van der Waals surface area contributed by atoms with E-state index in [9.17, 15) is 24.3 Å². The summed E-state index contributed by atoms with van der Waals surface area (Å²) in [6.45, 7) is 1.69. The van der Waals surface area contributed by atoms with Gasteiger partial charge in [0.05, 0.1) is 16.9 Å². The fraction of sp³-hybridized carbons (Fsp3) is 0.538. The zero-order valence-corrected chi connectivity index (χ0v) is 14.2. The normalized spacial score (nSPS) is 22.4. The van der Waals surface area contributed by atoms with Crippen LogP contribution in [0.4, 0.5) is 4.79 Å². The molecule has 0 aromatic carbocycles. The van der Waals surface area contributed by atoms with Crippen molar-refractivity contribution in [2.24, 2.45) is 11.7 Å². The number of fused-ring (bicyclic) bond motifs is 1. The lowest BCUT2D eigenvalue weighted by atomic mass is 9.92. The summed E-state index contributed by atoms with van der Waals surface area (Å²) in [5.74, 6) is -2.68. The number of thioether (sulfide) groups is 1. The van der Waals surface area contributed by atoms with Crippen LogP contribution >= 0.6 is 11.8 Å². The van der Waals surface area contributed by atoms with Crippen LogP contribution in [0.3, 0.4) is 0 Å². The van der Waals surface area contributed by atoms with Crippen LogP contribution in [0.1, 0.15) is 13.8 Å². The van der Waals surface area contributed by atoms with Crippen molar-refractivity contribution in [1.82, 2.24) is 4.90 Å². The van der Waals surface area contributed by atoms with Crippen LogP contribution in [-0.4, -0.2) is 64.3 Å². The second kappa shape index (κ2) is 8.18. The molecule has 3 atom stereocenters. The predicted octanol–water partition coefficient (Wildman–Crippen LogP) is -1.56. The molecule has 0 aliphatic carbocycles. The minimum atomic E-state index is -1.04. The van der Waals surface area contributed by atoms with Crippen LogP contribution in [0.25, 0.3) is 0 Å². The fourth-order valence-corrected chi connectivity index (χ4v) is 3.83. The number of aliphatic hydroxyl groups is 1. The smallest absolute Gasteiger partial charge is 0.404 e. The predicted molar refractivity (Wildman–Crippen MR) is 82.3 cm³/mol. The van der Waals surface area contributed by atoms with Gasteiger partial charge in [-0.25, -0.2) is 9.59 Å². The van der Waals surface area contributed by atoms with Crippen molar-refractivity contribution < 1.29 is 44.0 Å². The Hall–Kier alpha value is -2.31. The van der Waals surface area contributed by atoms with Gasteiger partial charge in [-0.3, -0.25) is 14.5 Å². The number of amides is 2. The number of esters is 2. The molecular weight excluding hydrogens is 360 g/mol. The van der Waals surface area contributed by atoms with Gasteiger partial charge in [0.2, 0.25) is 12.7 Å². The third-order valence-corrected chi connectivity index (χ3v) is 4.70. The van der Waals surface area contributed by atoms with Crippen LogP contribution in [0.2, 0.25) is 0 Å². The fourth-order valence-electron chi connectivity index (χ4n) is 2.32. The summed E-state index contributed by atoms with van der Waals surface area (Å²) in [7, 11) is 0. The van der Waals surface area contributed by atoms with E-state index in [-0.39, 0.29) is 22.7 Å². The van der Waals surface area contributed by atoms with Gasteiger partial charge in [-0.1, -0.05) is 11.8 Å². The Bertz CT molecular complexity index is 619. The van der Waals surface area contributed by atoms with Crippen molar-refractivity contribution in [3.63, 3.8) is 0 Å². The standard InChI is InChI=1S/C13H16N2O8S.H2O/c1-5(16)8-10(18)15-9(12(19)23-4-22-6(2)17)7(24-11(8)15)3-21-13(14)20;/h5,8,11,16H,3-4H2,1-2H3,(H2,14,20);1H2. The van der Waals surface area contributed by atoms with Crippen molar-refractivity contribution in [2.75, 3.05) is 13.4 Å². The summed E-state index contributed by atoms with van der Waals surface area (Å²) in [4.78, 5) is 47.2. The quantitative estimate of drug-likeness (QED) is 0.314. The van der Waals surface area contributed by atoms with Gasteiger partial charge in [-0.05, 0) is 6.92 Å². The summed E-state index contributed by atoms with van der Waals surface area (Å²) < 4.78 is 14.0. The number of primary amides is 1. The first kappa shape index (κ1) is 20.7. The molecule has 2 amide bonds. The molecule has 1 saturated heterocycles. The lowest BCUT2D eigenvalue weighted by Crippen LogP contribution is -2.60. The van der Waals surface area contributed by atoms with E-state index in [2.05, 4.69) is 9.47 Å². The largest absolute Gasteiger partial charge is 0.444 e. The van der Waals surface area contributed by atoms with Gasteiger partial charge in [-0.15, -0.1) is 0 Å². The topological polar surface area (TPSA) is 177 Å². The Morgan fingerprint density at radius 2 is 1.96 bits per heavy atom. The lowest BCUT2D eigenvalue weighted by molar-refractivity contribution is -0.168. The zero-order chi connectivity index (χ0) is 18.0. The molecule has 5 N–H and O–H groups in total. The lowest BCUT2D eigenvalue weighted by Gasteiger charge is -2.43. The van der Waals surface area contributed by atoms with Gasteiger partial charge in [-0.2, -0.15) is 0 Å². The molecule has 11 nitrogen and oxygen atoms in total. The van der Waals surface area contributed by atoms with Gasteiger partial charge in [0.15, 0.2) is 0 Å². The van der Waals surface area contributed by atoms with E-state index in [4.69, 9.17) is 10.5 Å². The number of nitrogens with two attached hydrogens (primary N) is 1. The minimum absolute atomic E-state index is 0. The number of aliphatic hydroxyl groups excluding tert-OH is 1. The Kier molecular flexibility index (Phi) is 6.78. The molecule has 25 heavy (non-hydrogen) atoms. The molecule has 0 aromatic rings. The number of ether oxygens (including phenoxy) is 3. The van der Waals surface area contributed by atoms with E-state index < -0.39 is 48.1 Å². The van der Waals surface area contributed by atoms with Gasteiger partial charge in [0, 0.05) is 6.92 Å². The molecule has 2 aliphatic heterocycles. The molecule has 0 bridgehead atoms. The van der Waals surface area contributed by atoms with Crippen LogP contribution in [-0.2, 0) is 28.6 Å². The van der Waals surface area contributed by atoms with Crippen LogP contribution in [0.5, 0.6) is 0 Å². The first-order valence-electron chi connectivity index (χ1n) is 6.87. The molecule has 0 saturated carbocycles. The molecule has 140 valence electrons. The van der Waals surface area contributed by atoms with E-state index >= 15 is 0 Å². The van der Waals surface area contributed by atoms with E-state index in [0.29, 0.717) is 0 Å². The third-order valence-electron chi connectivity index (χ3n) is 3.36. The Balaban J connectivity index is 0.00000312. The Labute approximate surface area is 146 Å². The van der Waals surface area contributed by atoms with Crippen molar-refractivity contribution in [3.8, 4) is 0 Å². The molecule has 12 heteroatoms. The highest BCUT2D eigenvalue weighted by molar-refractivity contribution is 8.04. The first-order chi connectivity index (χ1) is 11.2. The number of rotatable bonds is 6. The zero-order valence-electron chi connectivity index (χ0n) is 13.4. The summed E-state index contributed by atoms with van der Waals surface area (Å²) in [5, 5.41) is 9.16. The highest BCUT2D eigenvalue weighted by Crippen LogP contribution is 2.50. The van der Waals surface area contributed by atoms with E-state index in [1.807, 2.05) is 0 Å². The van der Waals surface area contributed by atoms with Crippen LogP contribution < -0.4 is 5.73 Å². The Morgan fingerprint density at radius 3 is 2.48 bits per heavy atom. The van der Waals surface area contributed by atoms with Gasteiger partial charge in [0.25, 0.3) is 0 Å². The van der Waals surface area contributed by atoms with Crippen LogP contribution in [0.15, 0.2) is 10.6 Å². The molecule has 0 spiro atoms.